The lowest BCUT2D eigenvalue weighted by Crippen LogP contribution is -2.48. The molecule has 0 aliphatic carbocycles. The minimum Gasteiger partial charge on any atom is -0.454 e. The lowest BCUT2D eigenvalue weighted by atomic mass is 10.0. The SMILES string of the molecule is NC(=O)C(c1ccc2c(c1)OCO2)N1CCNCC1. The molecule has 3 N–H and O–H groups in total. The van der Waals surface area contributed by atoms with Crippen LogP contribution >= 0.6 is 0 Å². The summed E-state index contributed by atoms with van der Waals surface area (Å²) < 4.78 is 10.6. The standard InChI is InChI=1S/C13H17N3O3/c14-13(17)12(16-5-3-15-4-6-16)9-1-2-10-11(7-9)19-8-18-10/h1-2,7,12,15H,3-6,8H2,(H2,14,17). The van der Waals surface area contributed by atoms with Crippen molar-refractivity contribution in [1.29, 1.82) is 0 Å². The van der Waals surface area contributed by atoms with Gasteiger partial charge in [-0.2, -0.15) is 0 Å². The van der Waals surface area contributed by atoms with Crippen LogP contribution in [0.2, 0.25) is 0 Å². The quantitative estimate of drug-likeness (QED) is 0.793. The summed E-state index contributed by atoms with van der Waals surface area (Å²) >= 11 is 0. The first-order valence-electron chi connectivity index (χ1n) is 6.39. The number of nitrogens with two attached hydrogens (primary N) is 1. The second-order valence-electron chi connectivity index (χ2n) is 4.70. The number of amides is 1. The molecule has 0 saturated carbocycles. The number of piperazine rings is 1. The van der Waals surface area contributed by atoms with E-state index in [1.54, 1.807) is 0 Å². The van der Waals surface area contributed by atoms with Crippen molar-refractivity contribution in [1.82, 2.24) is 10.2 Å². The van der Waals surface area contributed by atoms with Crippen LogP contribution in [-0.4, -0.2) is 43.8 Å². The van der Waals surface area contributed by atoms with E-state index in [1.165, 1.54) is 0 Å². The number of ether oxygens (including phenoxy) is 2. The first-order valence-corrected chi connectivity index (χ1v) is 6.39. The van der Waals surface area contributed by atoms with Gasteiger partial charge in [-0.15, -0.1) is 0 Å². The van der Waals surface area contributed by atoms with E-state index in [1.807, 2.05) is 18.2 Å². The van der Waals surface area contributed by atoms with E-state index in [9.17, 15) is 4.79 Å². The van der Waals surface area contributed by atoms with Crippen molar-refractivity contribution in [3.8, 4) is 11.5 Å². The molecule has 1 unspecified atom stereocenters. The van der Waals surface area contributed by atoms with Crippen molar-refractivity contribution >= 4 is 5.91 Å². The van der Waals surface area contributed by atoms with Gasteiger partial charge in [-0.1, -0.05) is 6.07 Å². The fourth-order valence-electron chi connectivity index (χ4n) is 2.58. The van der Waals surface area contributed by atoms with Crippen LogP contribution in [0.1, 0.15) is 11.6 Å². The Morgan fingerprint density at radius 2 is 2.00 bits per heavy atom. The Morgan fingerprint density at radius 3 is 2.74 bits per heavy atom. The minimum atomic E-state index is -0.406. The summed E-state index contributed by atoms with van der Waals surface area (Å²) in [4.78, 5) is 13.9. The lowest BCUT2D eigenvalue weighted by Gasteiger charge is -2.33. The molecule has 0 spiro atoms. The molecular formula is C13H17N3O3. The van der Waals surface area contributed by atoms with E-state index in [0.29, 0.717) is 11.5 Å². The summed E-state index contributed by atoms with van der Waals surface area (Å²) in [5, 5.41) is 3.26. The predicted octanol–water partition coefficient (Wildman–Crippen LogP) is -0.153. The van der Waals surface area contributed by atoms with Crippen LogP contribution in [0.3, 0.4) is 0 Å². The molecule has 1 amide bonds. The zero-order valence-electron chi connectivity index (χ0n) is 10.6. The molecule has 2 aliphatic rings. The summed E-state index contributed by atoms with van der Waals surface area (Å²) in [6, 6.07) is 5.15. The Labute approximate surface area is 111 Å². The maximum atomic E-state index is 11.8. The van der Waals surface area contributed by atoms with Crippen LogP contribution in [0.4, 0.5) is 0 Å². The van der Waals surface area contributed by atoms with Crippen LogP contribution in [0, 0.1) is 0 Å². The van der Waals surface area contributed by atoms with E-state index in [4.69, 9.17) is 15.2 Å². The summed E-state index contributed by atoms with van der Waals surface area (Å²) in [7, 11) is 0. The molecule has 19 heavy (non-hydrogen) atoms. The number of carbonyl (C=O) groups excluding carboxylic acids is 1. The minimum absolute atomic E-state index is 0.230. The molecule has 2 aliphatic heterocycles. The summed E-state index contributed by atoms with van der Waals surface area (Å²) in [5.74, 6) is 1.06. The number of hydrogen-bond acceptors (Lipinski definition) is 5. The largest absolute Gasteiger partial charge is 0.454 e. The maximum Gasteiger partial charge on any atom is 0.239 e. The Kier molecular flexibility index (Phi) is 3.27. The molecule has 0 radical (unpaired) electrons. The first-order chi connectivity index (χ1) is 9.25. The van der Waals surface area contributed by atoms with Gasteiger partial charge in [-0.25, -0.2) is 0 Å². The van der Waals surface area contributed by atoms with Crippen LogP contribution in [0.5, 0.6) is 11.5 Å². The van der Waals surface area contributed by atoms with Gasteiger partial charge in [0.1, 0.15) is 6.04 Å². The van der Waals surface area contributed by atoms with Gasteiger partial charge in [-0.3, -0.25) is 9.69 Å². The molecule has 3 rings (SSSR count). The fraction of sp³-hybridized carbons (Fsp3) is 0.462. The van der Waals surface area contributed by atoms with Crippen LogP contribution < -0.4 is 20.5 Å². The molecule has 1 aromatic rings. The van der Waals surface area contributed by atoms with Gasteiger partial charge >= 0.3 is 0 Å². The van der Waals surface area contributed by atoms with E-state index < -0.39 is 6.04 Å². The van der Waals surface area contributed by atoms with Crippen LogP contribution in [0.25, 0.3) is 0 Å². The van der Waals surface area contributed by atoms with Crippen LogP contribution in [-0.2, 0) is 4.79 Å². The van der Waals surface area contributed by atoms with Crippen LogP contribution in [0.15, 0.2) is 18.2 Å². The number of nitrogens with zero attached hydrogens (tertiary/aromatic N) is 1. The third kappa shape index (κ3) is 2.36. The number of nitrogens with one attached hydrogen (secondary N) is 1. The lowest BCUT2D eigenvalue weighted by molar-refractivity contribution is -0.123. The molecule has 6 nitrogen and oxygen atoms in total. The van der Waals surface area contributed by atoms with Crippen molar-refractivity contribution in [2.45, 2.75) is 6.04 Å². The highest BCUT2D eigenvalue weighted by molar-refractivity contribution is 5.81. The topological polar surface area (TPSA) is 76.8 Å². The number of fused-ring (bicyclic) bond motifs is 1. The number of hydrogen-bond donors (Lipinski definition) is 2. The van der Waals surface area contributed by atoms with Gasteiger partial charge in [0.05, 0.1) is 0 Å². The van der Waals surface area contributed by atoms with Gasteiger partial charge in [0.25, 0.3) is 0 Å². The molecule has 102 valence electrons. The van der Waals surface area contributed by atoms with E-state index in [-0.39, 0.29) is 12.7 Å². The number of benzene rings is 1. The molecule has 2 heterocycles. The molecule has 0 aromatic heterocycles. The number of primary amides is 1. The van der Waals surface area contributed by atoms with Gasteiger partial charge < -0.3 is 20.5 Å². The van der Waals surface area contributed by atoms with Crippen molar-refractivity contribution < 1.29 is 14.3 Å². The third-order valence-electron chi connectivity index (χ3n) is 3.50. The molecule has 6 heteroatoms. The Bertz CT molecular complexity index is 486. The zero-order valence-corrected chi connectivity index (χ0v) is 10.6. The average Bonchev–Trinajstić information content (AvgIpc) is 2.87. The summed E-state index contributed by atoms with van der Waals surface area (Å²) in [6.07, 6.45) is 0. The third-order valence-corrected chi connectivity index (χ3v) is 3.50. The second-order valence-corrected chi connectivity index (χ2v) is 4.70. The molecule has 1 atom stereocenters. The predicted molar refractivity (Wildman–Crippen MR) is 68.9 cm³/mol. The van der Waals surface area contributed by atoms with Gasteiger partial charge in [0.2, 0.25) is 12.7 Å². The number of rotatable bonds is 3. The van der Waals surface area contributed by atoms with E-state index >= 15 is 0 Å². The molecule has 0 bridgehead atoms. The summed E-state index contributed by atoms with van der Waals surface area (Å²) in [6.45, 7) is 3.58. The smallest absolute Gasteiger partial charge is 0.239 e. The Hall–Kier alpha value is -1.79. The van der Waals surface area contributed by atoms with Crippen molar-refractivity contribution in [2.24, 2.45) is 5.73 Å². The normalized spacial score (nSPS) is 20.2. The van der Waals surface area contributed by atoms with E-state index in [2.05, 4.69) is 10.2 Å². The fourth-order valence-corrected chi connectivity index (χ4v) is 2.58. The average molecular weight is 263 g/mol. The van der Waals surface area contributed by atoms with Gasteiger partial charge in [0.15, 0.2) is 11.5 Å². The highest BCUT2D eigenvalue weighted by Crippen LogP contribution is 2.35. The first kappa shape index (κ1) is 12.3. The van der Waals surface area contributed by atoms with E-state index in [0.717, 1.165) is 31.7 Å². The monoisotopic (exact) mass is 263 g/mol. The van der Waals surface area contributed by atoms with Gasteiger partial charge in [0, 0.05) is 26.2 Å². The molecule has 1 saturated heterocycles. The molecule has 1 fully saturated rings. The zero-order chi connectivity index (χ0) is 13.2. The Balaban J connectivity index is 1.89. The summed E-state index contributed by atoms with van der Waals surface area (Å²) in [5.41, 5.74) is 6.43. The molecule has 1 aromatic carbocycles. The number of carbonyl (C=O) groups is 1. The maximum absolute atomic E-state index is 11.8. The highest BCUT2D eigenvalue weighted by Gasteiger charge is 2.28. The highest BCUT2D eigenvalue weighted by atomic mass is 16.7. The second kappa shape index (κ2) is 5.07. The Morgan fingerprint density at radius 1 is 1.26 bits per heavy atom. The van der Waals surface area contributed by atoms with Crippen molar-refractivity contribution in [3.63, 3.8) is 0 Å². The van der Waals surface area contributed by atoms with Gasteiger partial charge in [-0.05, 0) is 17.7 Å². The molecular weight excluding hydrogens is 246 g/mol. The van der Waals surface area contributed by atoms with Crippen molar-refractivity contribution in [3.05, 3.63) is 23.8 Å². The van der Waals surface area contributed by atoms with Crippen molar-refractivity contribution in [2.75, 3.05) is 33.0 Å².